The number of ether oxygens (including phenoxy) is 4. The summed E-state index contributed by atoms with van der Waals surface area (Å²) in [7, 11) is 1.39. The molecule has 29 heavy (non-hydrogen) atoms. The minimum Gasteiger partial charge on any atom is -0.456 e. The van der Waals surface area contributed by atoms with E-state index in [-0.39, 0.29) is 12.0 Å². The lowest BCUT2D eigenvalue weighted by Gasteiger charge is -2.60. The molecule has 3 aliphatic heterocycles. The largest absolute Gasteiger partial charge is 0.456 e. The van der Waals surface area contributed by atoms with Crippen LogP contribution in [0.2, 0.25) is 0 Å². The quantitative estimate of drug-likeness (QED) is 0.306. The first-order valence-corrected chi connectivity index (χ1v) is 9.83. The van der Waals surface area contributed by atoms with Gasteiger partial charge in [0.1, 0.15) is 35.4 Å². The van der Waals surface area contributed by atoms with Crippen molar-refractivity contribution in [2.75, 3.05) is 7.11 Å². The molecule has 5 aliphatic rings. The zero-order chi connectivity index (χ0) is 21.3. The molecule has 1 spiro atoms. The third-order valence-corrected chi connectivity index (χ3v) is 8.36. The number of epoxide rings is 1. The maximum absolute atomic E-state index is 12.9. The molecular formula is C20H26O9. The van der Waals surface area contributed by atoms with Gasteiger partial charge < -0.3 is 34.3 Å². The first-order chi connectivity index (χ1) is 13.4. The second-order valence-electron chi connectivity index (χ2n) is 9.42. The van der Waals surface area contributed by atoms with Crippen LogP contribution in [0.1, 0.15) is 27.2 Å². The topological polar surface area (TPSA) is 135 Å². The lowest BCUT2D eigenvalue weighted by Crippen LogP contribution is -2.77. The van der Waals surface area contributed by atoms with Crippen molar-refractivity contribution < 1.29 is 43.9 Å². The number of rotatable bonds is 3. The zero-order valence-corrected chi connectivity index (χ0v) is 16.7. The summed E-state index contributed by atoms with van der Waals surface area (Å²) in [4.78, 5) is 25.5. The Kier molecular flexibility index (Phi) is 3.49. The molecule has 2 bridgehead atoms. The van der Waals surface area contributed by atoms with Crippen LogP contribution in [0.5, 0.6) is 0 Å². The maximum atomic E-state index is 12.9. The van der Waals surface area contributed by atoms with Crippen molar-refractivity contribution in [2.45, 2.75) is 74.5 Å². The molecular weight excluding hydrogens is 384 g/mol. The van der Waals surface area contributed by atoms with Crippen LogP contribution in [0.3, 0.4) is 0 Å². The van der Waals surface area contributed by atoms with Crippen molar-refractivity contribution in [3.05, 3.63) is 12.2 Å². The van der Waals surface area contributed by atoms with E-state index >= 15 is 0 Å². The van der Waals surface area contributed by atoms with Crippen LogP contribution in [0.4, 0.5) is 0 Å². The van der Waals surface area contributed by atoms with E-state index in [0.717, 1.165) is 0 Å². The molecule has 160 valence electrons. The standard InChI is InChI=1S/C20H26O9/c1-7(2)19(24)10-16(23)28-13(19)11(26-5)17(4)18(12-14(27-12)20(10,17)25)6-9(8(3)21)15(22)29-18/h8-14,21,24-25H,1,6H2,2-5H3/t8-,9-,10+,11-,12-,13+,14+,17+,18-,19-,20+/m1/s1. The highest BCUT2D eigenvalue weighted by Crippen LogP contribution is 2.76. The summed E-state index contributed by atoms with van der Waals surface area (Å²) in [6.45, 7) is 8.59. The van der Waals surface area contributed by atoms with Gasteiger partial charge in [0.05, 0.1) is 17.4 Å². The highest BCUT2D eigenvalue weighted by Gasteiger charge is 2.95. The van der Waals surface area contributed by atoms with E-state index in [1.54, 1.807) is 13.8 Å². The Bertz CT molecular complexity index is 840. The Morgan fingerprint density at radius 1 is 1.24 bits per heavy atom. The van der Waals surface area contributed by atoms with E-state index in [0.29, 0.717) is 0 Å². The molecule has 2 aliphatic carbocycles. The minimum absolute atomic E-state index is 0.0997. The Balaban J connectivity index is 1.74. The van der Waals surface area contributed by atoms with Crippen LogP contribution in [0, 0.1) is 17.3 Å². The van der Waals surface area contributed by atoms with Gasteiger partial charge in [-0.2, -0.15) is 0 Å². The summed E-state index contributed by atoms with van der Waals surface area (Å²) in [5, 5.41) is 33.7. The first-order valence-electron chi connectivity index (χ1n) is 9.83. The Labute approximate surface area is 167 Å². The van der Waals surface area contributed by atoms with Crippen LogP contribution < -0.4 is 0 Å². The molecule has 5 fully saturated rings. The van der Waals surface area contributed by atoms with Gasteiger partial charge in [-0.3, -0.25) is 9.59 Å². The van der Waals surface area contributed by atoms with Crippen LogP contribution in [-0.2, 0) is 28.5 Å². The van der Waals surface area contributed by atoms with Gasteiger partial charge in [0.2, 0.25) is 0 Å². The molecule has 0 amide bonds. The van der Waals surface area contributed by atoms with E-state index in [4.69, 9.17) is 18.9 Å². The third-order valence-electron chi connectivity index (χ3n) is 8.36. The summed E-state index contributed by atoms with van der Waals surface area (Å²) in [6, 6.07) is 0. The molecule has 0 aromatic carbocycles. The molecule has 0 aromatic rings. The van der Waals surface area contributed by atoms with E-state index in [2.05, 4.69) is 6.58 Å². The number of hydrogen-bond donors (Lipinski definition) is 3. The molecule has 3 saturated heterocycles. The second-order valence-corrected chi connectivity index (χ2v) is 9.42. The van der Waals surface area contributed by atoms with Crippen LogP contribution >= 0.6 is 0 Å². The fraction of sp³-hybridized carbons (Fsp3) is 0.800. The van der Waals surface area contributed by atoms with E-state index in [9.17, 15) is 24.9 Å². The minimum atomic E-state index is -1.93. The molecule has 0 radical (unpaired) electrons. The van der Waals surface area contributed by atoms with Gasteiger partial charge in [0.15, 0.2) is 11.7 Å². The van der Waals surface area contributed by atoms with E-state index in [1.807, 2.05) is 0 Å². The van der Waals surface area contributed by atoms with Crippen molar-refractivity contribution in [2.24, 2.45) is 17.3 Å². The van der Waals surface area contributed by atoms with Gasteiger partial charge in [-0.1, -0.05) is 13.5 Å². The van der Waals surface area contributed by atoms with Gasteiger partial charge >= 0.3 is 11.9 Å². The lowest BCUT2D eigenvalue weighted by atomic mass is 9.49. The monoisotopic (exact) mass is 410 g/mol. The third kappa shape index (κ3) is 1.70. The van der Waals surface area contributed by atoms with Crippen molar-refractivity contribution >= 4 is 11.9 Å². The molecule has 3 N–H and O–H groups in total. The van der Waals surface area contributed by atoms with Crippen molar-refractivity contribution in [1.29, 1.82) is 0 Å². The number of carbonyl (C=O) groups is 2. The smallest absolute Gasteiger partial charge is 0.315 e. The number of carbonyl (C=O) groups excluding carboxylic acids is 2. The van der Waals surface area contributed by atoms with Gasteiger partial charge in [-0.25, -0.2) is 0 Å². The van der Waals surface area contributed by atoms with E-state index in [1.165, 1.54) is 14.0 Å². The number of methoxy groups -OCH3 is 1. The summed E-state index contributed by atoms with van der Waals surface area (Å²) in [5.74, 6) is -3.52. The average molecular weight is 410 g/mol. The first kappa shape index (κ1) is 19.4. The molecule has 9 heteroatoms. The maximum Gasteiger partial charge on any atom is 0.315 e. The van der Waals surface area contributed by atoms with Crippen molar-refractivity contribution in [3.63, 3.8) is 0 Å². The Hall–Kier alpha value is -1.52. The Morgan fingerprint density at radius 3 is 2.41 bits per heavy atom. The van der Waals surface area contributed by atoms with Gasteiger partial charge in [0.25, 0.3) is 0 Å². The molecule has 5 rings (SSSR count). The predicted molar refractivity (Wildman–Crippen MR) is 94.3 cm³/mol. The zero-order valence-electron chi connectivity index (χ0n) is 16.7. The molecule has 3 heterocycles. The van der Waals surface area contributed by atoms with E-state index < -0.39 is 76.5 Å². The van der Waals surface area contributed by atoms with Crippen molar-refractivity contribution in [3.8, 4) is 0 Å². The predicted octanol–water partition coefficient (Wildman–Crippen LogP) is -0.935. The number of aliphatic hydroxyl groups is 3. The highest BCUT2D eigenvalue weighted by molar-refractivity contribution is 5.83. The fourth-order valence-corrected chi connectivity index (χ4v) is 6.82. The summed E-state index contributed by atoms with van der Waals surface area (Å²) in [5.41, 5.74) is -6.18. The summed E-state index contributed by atoms with van der Waals surface area (Å²) >= 11 is 0. The molecule has 11 atom stereocenters. The summed E-state index contributed by atoms with van der Waals surface area (Å²) < 4.78 is 22.9. The highest BCUT2D eigenvalue weighted by atomic mass is 16.7. The van der Waals surface area contributed by atoms with Crippen LogP contribution in [-0.4, -0.2) is 81.7 Å². The summed E-state index contributed by atoms with van der Waals surface area (Å²) in [6.07, 6.45) is -4.52. The number of esters is 2. The number of fused-ring (bicyclic) bond motifs is 8. The lowest BCUT2D eigenvalue weighted by molar-refractivity contribution is -0.300. The van der Waals surface area contributed by atoms with Crippen LogP contribution in [0.15, 0.2) is 12.2 Å². The van der Waals surface area contributed by atoms with Gasteiger partial charge in [-0.15, -0.1) is 0 Å². The Morgan fingerprint density at radius 2 is 1.90 bits per heavy atom. The number of aliphatic hydroxyl groups excluding tert-OH is 1. The fourth-order valence-electron chi connectivity index (χ4n) is 6.82. The van der Waals surface area contributed by atoms with Gasteiger partial charge in [0, 0.05) is 13.5 Å². The SMILES string of the molecule is C=C(C)[C@]1(O)[C@H]2OC(=O)[C@@H]1[C@]1(O)[C@H]3O[C@H]3[C@]3(C[C@H]([C@@H](C)O)C(=O)O3)[C@]1(C)[C@@H]2OC. The number of hydrogen-bond acceptors (Lipinski definition) is 9. The van der Waals surface area contributed by atoms with Gasteiger partial charge in [-0.05, 0) is 19.4 Å². The second kappa shape index (κ2) is 5.20. The average Bonchev–Trinajstić information content (AvgIpc) is 3.27. The van der Waals surface area contributed by atoms with Crippen molar-refractivity contribution in [1.82, 2.24) is 0 Å². The molecule has 9 nitrogen and oxygen atoms in total. The normalized spacial score (nSPS) is 57.9. The molecule has 2 saturated carbocycles. The molecule has 0 unspecified atom stereocenters. The molecule has 0 aromatic heterocycles. The van der Waals surface area contributed by atoms with Crippen LogP contribution in [0.25, 0.3) is 0 Å².